The number of pyridine rings is 1. The SMILES string of the molecule is CCNCCOc1ccc(C(C)(C)C)cn1. The summed E-state index contributed by atoms with van der Waals surface area (Å²) in [7, 11) is 0. The van der Waals surface area contributed by atoms with E-state index in [-0.39, 0.29) is 5.41 Å². The number of aromatic nitrogens is 1. The smallest absolute Gasteiger partial charge is 0.213 e. The summed E-state index contributed by atoms with van der Waals surface area (Å²) in [4.78, 5) is 4.29. The quantitative estimate of drug-likeness (QED) is 0.777. The molecule has 90 valence electrons. The van der Waals surface area contributed by atoms with Gasteiger partial charge in [0, 0.05) is 18.8 Å². The molecule has 1 aromatic rings. The Kier molecular flexibility index (Phi) is 4.74. The van der Waals surface area contributed by atoms with E-state index >= 15 is 0 Å². The van der Waals surface area contributed by atoms with Crippen molar-refractivity contribution in [3.8, 4) is 5.88 Å². The minimum absolute atomic E-state index is 0.148. The molecule has 0 saturated carbocycles. The van der Waals surface area contributed by atoms with E-state index < -0.39 is 0 Å². The van der Waals surface area contributed by atoms with Crippen LogP contribution in [0.15, 0.2) is 18.3 Å². The highest BCUT2D eigenvalue weighted by molar-refractivity contribution is 5.23. The maximum atomic E-state index is 5.50. The lowest BCUT2D eigenvalue weighted by Crippen LogP contribution is -2.20. The van der Waals surface area contributed by atoms with Gasteiger partial charge in [-0.2, -0.15) is 0 Å². The topological polar surface area (TPSA) is 34.1 Å². The van der Waals surface area contributed by atoms with Gasteiger partial charge in [-0.3, -0.25) is 0 Å². The van der Waals surface area contributed by atoms with E-state index in [2.05, 4.69) is 44.1 Å². The van der Waals surface area contributed by atoms with Crippen LogP contribution in [0.2, 0.25) is 0 Å². The molecule has 0 radical (unpaired) electrons. The molecule has 1 N–H and O–H groups in total. The third-order valence-electron chi connectivity index (χ3n) is 2.38. The van der Waals surface area contributed by atoms with Crippen molar-refractivity contribution in [1.82, 2.24) is 10.3 Å². The van der Waals surface area contributed by atoms with Crippen molar-refractivity contribution >= 4 is 0 Å². The third-order valence-corrected chi connectivity index (χ3v) is 2.38. The zero-order chi connectivity index (χ0) is 12.0. The molecule has 0 amide bonds. The minimum atomic E-state index is 0.148. The molecule has 0 spiro atoms. The molecule has 0 aromatic carbocycles. The van der Waals surface area contributed by atoms with Crippen LogP contribution in [0.4, 0.5) is 0 Å². The Hall–Kier alpha value is -1.09. The van der Waals surface area contributed by atoms with E-state index in [9.17, 15) is 0 Å². The van der Waals surface area contributed by atoms with Crippen LogP contribution in [0.1, 0.15) is 33.3 Å². The van der Waals surface area contributed by atoms with Crippen molar-refractivity contribution in [1.29, 1.82) is 0 Å². The van der Waals surface area contributed by atoms with Gasteiger partial charge >= 0.3 is 0 Å². The molecule has 0 fully saturated rings. The number of nitrogens with one attached hydrogen (secondary N) is 1. The largest absolute Gasteiger partial charge is 0.476 e. The minimum Gasteiger partial charge on any atom is -0.476 e. The molecular weight excluding hydrogens is 200 g/mol. The van der Waals surface area contributed by atoms with Gasteiger partial charge in [0.25, 0.3) is 0 Å². The zero-order valence-electron chi connectivity index (χ0n) is 10.7. The summed E-state index contributed by atoms with van der Waals surface area (Å²) >= 11 is 0. The first-order chi connectivity index (χ1) is 7.54. The maximum absolute atomic E-state index is 5.50. The van der Waals surface area contributed by atoms with Crippen LogP contribution < -0.4 is 10.1 Å². The predicted molar refractivity (Wildman–Crippen MR) is 67.0 cm³/mol. The van der Waals surface area contributed by atoms with Gasteiger partial charge < -0.3 is 10.1 Å². The Morgan fingerprint density at radius 1 is 1.31 bits per heavy atom. The zero-order valence-corrected chi connectivity index (χ0v) is 10.7. The molecule has 0 bridgehead atoms. The summed E-state index contributed by atoms with van der Waals surface area (Å²) in [6.45, 7) is 11.1. The molecule has 1 heterocycles. The molecule has 0 aliphatic heterocycles. The highest BCUT2D eigenvalue weighted by Crippen LogP contribution is 2.22. The van der Waals surface area contributed by atoms with Crippen LogP contribution in [0.3, 0.4) is 0 Å². The van der Waals surface area contributed by atoms with E-state index in [0.717, 1.165) is 13.1 Å². The van der Waals surface area contributed by atoms with E-state index in [1.165, 1.54) is 5.56 Å². The summed E-state index contributed by atoms with van der Waals surface area (Å²) in [5, 5.41) is 3.20. The van der Waals surface area contributed by atoms with Crippen LogP contribution in [0, 0.1) is 0 Å². The second-order valence-electron chi connectivity index (χ2n) is 4.84. The summed E-state index contributed by atoms with van der Waals surface area (Å²) < 4.78 is 5.50. The third kappa shape index (κ3) is 4.19. The van der Waals surface area contributed by atoms with Crippen molar-refractivity contribution < 1.29 is 4.74 Å². The summed E-state index contributed by atoms with van der Waals surface area (Å²) in [6, 6.07) is 4.02. The molecular formula is C13H22N2O. The Morgan fingerprint density at radius 3 is 2.56 bits per heavy atom. The van der Waals surface area contributed by atoms with Crippen molar-refractivity contribution in [3.63, 3.8) is 0 Å². The standard InChI is InChI=1S/C13H22N2O/c1-5-14-8-9-16-12-7-6-11(10-15-12)13(2,3)4/h6-7,10,14H,5,8-9H2,1-4H3. The highest BCUT2D eigenvalue weighted by atomic mass is 16.5. The first kappa shape index (κ1) is 13.0. The van der Waals surface area contributed by atoms with Crippen LogP contribution in [-0.4, -0.2) is 24.7 Å². The van der Waals surface area contributed by atoms with Gasteiger partial charge in [-0.05, 0) is 17.5 Å². The molecule has 0 atom stereocenters. The molecule has 3 nitrogen and oxygen atoms in total. The monoisotopic (exact) mass is 222 g/mol. The van der Waals surface area contributed by atoms with Crippen molar-refractivity contribution in [2.24, 2.45) is 0 Å². The number of hydrogen-bond donors (Lipinski definition) is 1. The van der Waals surface area contributed by atoms with Gasteiger partial charge in [0.15, 0.2) is 0 Å². The fourth-order valence-corrected chi connectivity index (χ4v) is 1.31. The van der Waals surface area contributed by atoms with Crippen LogP contribution in [-0.2, 0) is 5.41 Å². The molecule has 3 heteroatoms. The average Bonchev–Trinajstić information content (AvgIpc) is 2.24. The Balaban J connectivity index is 2.46. The Labute approximate surface area is 98.2 Å². The van der Waals surface area contributed by atoms with E-state index in [1.807, 2.05) is 12.3 Å². The van der Waals surface area contributed by atoms with Gasteiger partial charge in [-0.25, -0.2) is 4.98 Å². The number of hydrogen-bond acceptors (Lipinski definition) is 3. The van der Waals surface area contributed by atoms with Gasteiger partial charge in [-0.1, -0.05) is 33.8 Å². The highest BCUT2D eigenvalue weighted by Gasteiger charge is 2.13. The first-order valence-corrected chi connectivity index (χ1v) is 5.84. The second-order valence-corrected chi connectivity index (χ2v) is 4.84. The van der Waals surface area contributed by atoms with Crippen molar-refractivity contribution in [3.05, 3.63) is 23.9 Å². The Morgan fingerprint density at radius 2 is 2.06 bits per heavy atom. The van der Waals surface area contributed by atoms with E-state index in [1.54, 1.807) is 0 Å². The number of likely N-dealkylation sites (N-methyl/N-ethyl adjacent to an activating group) is 1. The van der Waals surface area contributed by atoms with Crippen LogP contribution in [0.25, 0.3) is 0 Å². The lowest BCUT2D eigenvalue weighted by Gasteiger charge is -2.18. The number of nitrogens with zero attached hydrogens (tertiary/aromatic N) is 1. The van der Waals surface area contributed by atoms with Crippen LogP contribution in [0.5, 0.6) is 5.88 Å². The molecule has 1 rings (SSSR count). The van der Waals surface area contributed by atoms with Gasteiger partial charge in [0.2, 0.25) is 5.88 Å². The van der Waals surface area contributed by atoms with Crippen molar-refractivity contribution in [2.75, 3.05) is 19.7 Å². The molecule has 0 aliphatic carbocycles. The molecule has 16 heavy (non-hydrogen) atoms. The van der Waals surface area contributed by atoms with Gasteiger partial charge in [0.05, 0.1) is 0 Å². The maximum Gasteiger partial charge on any atom is 0.213 e. The molecule has 0 saturated heterocycles. The molecule has 1 aromatic heterocycles. The van der Waals surface area contributed by atoms with Crippen LogP contribution >= 0.6 is 0 Å². The van der Waals surface area contributed by atoms with Gasteiger partial charge in [0.1, 0.15) is 6.61 Å². The summed E-state index contributed by atoms with van der Waals surface area (Å²) in [5.41, 5.74) is 1.38. The fraction of sp³-hybridized carbons (Fsp3) is 0.615. The average molecular weight is 222 g/mol. The Bertz CT molecular complexity index is 301. The number of rotatable bonds is 5. The second kappa shape index (κ2) is 5.85. The van der Waals surface area contributed by atoms with E-state index in [0.29, 0.717) is 12.5 Å². The molecule has 0 aliphatic rings. The predicted octanol–water partition coefficient (Wildman–Crippen LogP) is 2.37. The molecule has 0 unspecified atom stereocenters. The summed E-state index contributed by atoms with van der Waals surface area (Å²) in [6.07, 6.45) is 1.89. The fourth-order valence-electron chi connectivity index (χ4n) is 1.31. The normalized spacial score (nSPS) is 11.5. The van der Waals surface area contributed by atoms with Gasteiger partial charge in [-0.15, -0.1) is 0 Å². The van der Waals surface area contributed by atoms with E-state index in [4.69, 9.17) is 4.74 Å². The number of ether oxygens (including phenoxy) is 1. The van der Waals surface area contributed by atoms with Crippen molar-refractivity contribution in [2.45, 2.75) is 33.1 Å². The lowest BCUT2D eigenvalue weighted by molar-refractivity contribution is 0.303. The lowest BCUT2D eigenvalue weighted by atomic mass is 9.88. The first-order valence-electron chi connectivity index (χ1n) is 5.84. The summed E-state index contributed by atoms with van der Waals surface area (Å²) in [5.74, 6) is 0.700.